The zero-order valence-corrected chi connectivity index (χ0v) is 13.7. The lowest BCUT2D eigenvalue weighted by Crippen LogP contribution is -2.44. The molecule has 0 aliphatic heterocycles. The molecule has 0 bridgehead atoms. The summed E-state index contributed by atoms with van der Waals surface area (Å²) in [6.07, 6.45) is 3.73. The van der Waals surface area contributed by atoms with Crippen molar-refractivity contribution < 1.29 is 14.3 Å². The maximum atomic E-state index is 10.1. The van der Waals surface area contributed by atoms with E-state index in [4.69, 9.17) is 4.74 Å². The number of hydrogen-bond acceptors (Lipinski definition) is 2. The Kier molecular flexibility index (Phi) is 6.28. The Bertz CT molecular complexity index is 260. The second-order valence-electron chi connectivity index (χ2n) is 7.82. The molecule has 0 saturated heterocycles. The SMILES string of the molecule is CC(C)[C@@H]1CC[C@H](C)C[C@H]1OC[C@H](O)C[N+](C)(C)C. The van der Waals surface area contributed by atoms with Gasteiger partial charge in [-0.1, -0.05) is 27.2 Å². The zero-order chi connectivity index (χ0) is 14.6. The fourth-order valence-electron chi connectivity index (χ4n) is 3.23. The molecule has 0 spiro atoms. The van der Waals surface area contributed by atoms with E-state index >= 15 is 0 Å². The summed E-state index contributed by atoms with van der Waals surface area (Å²) in [7, 11) is 6.30. The molecule has 3 heteroatoms. The van der Waals surface area contributed by atoms with E-state index in [1.165, 1.54) is 12.8 Å². The maximum Gasteiger partial charge on any atom is 0.126 e. The summed E-state index contributed by atoms with van der Waals surface area (Å²) >= 11 is 0. The highest BCUT2D eigenvalue weighted by atomic mass is 16.5. The van der Waals surface area contributed by atoms with Gasteiger partial charge in [0.1, 0.15) is 12.6 Å². The number of rotatable bonds is 6. The molecule has 1 saturated carbocycles. The third kappa shape index (κ3) is 6.24. The third-order valence-electron chi connectivity index (χ3n) is 4.22. The molecule has 3 nitrogen and oxygen atoms in total. The second-order valence-corrected chi connectivity index (χ2v) is 7.82. The lowest BCUT2D eigenvalue weighted by atomic mass is 9.75. The van der Waals surface area contributed by atoms with Crippen LogP contribution in [0.3, 0.4) is 0 Å². The molecule has 0 radical (unpaired) electrons. The summed E-state index contributed by atoms with van der Waals surface area (Å²) in [4.78, 5) is 0. The molecule has 0 aromatic carbocycles. The molecule has 1 fully saturated rings. The Hall–Kier alpha value is -0.120. The van der Waals surface area contributed by atoms with Crippen molar-refractivity contribution in [3.63, 3.8) is 0 Å². The summed E-state index contributed by atoms with van der Waals surface area (Å²) in [6, 6.07) is 0. The zero-order valence-electron chi connectivity index (χ0n) is 13.7. The molecule has 114 valence electrons. The van der Waals surface area contributed by atoms with Crippen molar-refractivity contribution in [2.24, 2.45) is 17.8 Å². The van der Waals surface area contributed by atoms with E-state index in [0.717, 1.165) is 23.4 Å². The molecular formula is C16H34NO2+. The molecular weight excluding hydrogens is 238 g/mol. The van der Waals surface area contributed by atoms with Gasteiger partial charge in [0.2, 0.25) is 0 Å². The summed E-state index contributed by atoms with van der Waals surface area (Å²) < 4.78 is 6.85. The minimum Gasteiger partial charge on any atom is -0.385 e. The van der Waals surface area contributed by atoms with Crippen molar-refractivity contribution in [1.82, 2.24) is 0 Å². The minimum atomic E-state index is -0.356. The first kappa shape index (κ1) is 16.9. The van der Waals surface area contributed by atoms with Gasteiger partial charge in [0, 0.05) is 0 Å². The number of aliphatic hydroxyl groups excluding tert-OH is 1. The van der Waals surface area contributed by atoms with Crippen LogP contribution in [0.1, 0.15) is 40.0 Å². The Balaban J connectivity index is 2.44. The van der Waals surface area contributed by atoms with Crippen molar-refractivity contribution in [2.75, 3.05) is 34.3 Å². The Morgan fingerprint density at radius 3 is 2.37 bits per heavy atom. The molecule has 0 heterocycles. The highest BCUT2D eigenvalue weighted by Crippen LogP contribution is 2.35. The van der Waals surface area contributed by atoms with E-state index in [2.05, 4.69) is 41.9 Å². The van der Waals surface area contributed by atoms with Crippen LogP contribution in [-0.4, -0.2) is 56.1 Å². The van der Waals surface area contributed by atoms with E-state index in [-0.39, 0.29) is 6.10 Å². The van der Waals surface area contributed by atoms with Gasteiger partial charge >= 0.3 is 0 Å². The first-order chi connectivity index (χ1) is 8.69. The van der Waals surface area contributed by atoms with Crippen molar-refractivity contribution in [1.29, 1.82) is 0 Å². The highest BCUT2D eigenvalue weighted by molar-refractivity contribution is 4.81. The molecule has 0 unspecified atom stereocenters. The van der Waals surface area contributed by atoms with Crippen LogP contribution in [0.25, 0.3) is 0 Å². The lowest BCUT2D eigenvalue weighted by molar-refractivity contribution is -0.873. The van der Waals surface area contributed by atoms with Gasteiger partial charge in [0.25, 0.3) is 0 Å². The van der Waals surface area contributed by atoms with Crippen LogP contribution in [-0.2, 0) is 4.74 Å². The average molecular weight is 272 g/mol. The molecule has 1 aliphatic rings. The predicted molar refractivity (Wildman–Crippen MR) is 80.0 cm³/mol. The monoisotopic (exact) mass is 272 g/mol. The van der Waals surface area contributed by atoms with Gasteiger partial charge in [-0.25, -0.2) is 0 Å². The van der Waals surface area contributed by atoms with Crippen LogP contribution < -0.4 is 0 Å². The van der Waals surface area contributed by atoms with Crippen LogP contribution in [0.15, 0.2) is 0 Å². The van der Waals surface area contributed by atoms with Crippen LogP contribution >= 0.6 is 0 Å². The quantitative estimate of drug-likeness (QED) is 0.753. The van der Waals surface area contributed by atoms with Gasteiger partial charge in [-0.2, -0.15) is 0 Å². The van der Waals surface area contributed by atoms with Crippen molar-refractivity contribution >= 4 is 0 Å². The fourth-order valence-corrected chi connectivity index (χ4v) is 3.23. The van der Waals surface area contributed by atoms with Gasteiger partial charge in [-0.3, -0.25) is 0 Å². The number of nitrogens with zero attached hydrogens (tertiary/aromatic N) is 1. The molecule has 1 aliphatic carbocycles. The standard InChI is InChI=1S/C16H34NO2/c1-12(2)15-8-7-13(3)9-16(15)19-11-14(18)10-17(4,5)6/h12-16,18H,7-11H2,1-6H3/q+1/t13-,14+,15-,16+/m0/s1. The van der Waals surface area contributed by atoms with E-state index in [0.29, 0.717) is 24.5 Å². The predicted octanol–water partition coefficient (Wildman–Crippen LogP) is 2.53. The van der Waals surface area contributed by atoms with E-state index in [1.807, 2.05) is 0 Å². The van der Waals surface area contributed by atoms with Crippen LogP contribution in [0.4, 0.5) is 0 Å². The normalized spacial score (nSPS) is 30.6. The van der Waals surface area contributed by atoms with Crippen LogP contribution in [0.5, 0.6) is 0 Å². The first-order valence-electron chi connectivity index (χ1n) is 7.79. The van der Waals surface area contributed by atoms with E-state index in [9.17, 15) is 5.11 Å². The van der Waals surface area contributed by atoms with Crippen LogP contribution in [0, 0.1) is 17.8 Å². The summed E-state index contributed by atoms with van der Waals surface area (Å²) in [5.74, 6) is 2.09. The minimum absolute atomic E-state index is 0.339. The molecule has 1 rings (SSSR count). The van der Waals surface area contributed by atoms with Crippen molar-refractivity contribution in [3.05, 3.63) is 0 Å². The third-order valence-corrected chi connectivity index (χ3v) is 4.22. The van der Waals surface area contributed by atoms with Gasteiger partial charge < -0.3 is 14.3 Å². The van der Waals surface area contributed by atoms with Gasteiger partial charge in [-0.05, 0) is 30.6 Å². The van der Waals surface area contributed by atoms with E-state index in [1.54, 1.807) is 0 Å². The molecule has 19 heavy (non-hydrogen) atoms. The molecule has 4 atom stereocenters. The molecule has 0 aromatic heterocycles. The number of ether oxygens (including phenoxy) is 1. The van der Waals surface area contributed by atoms with Crippen molar-refractivity contribution in [2.45, 2.75) is 52.2 Å². The van der Waals surface area contributed by atoms with Crippen LogP contribution in [0.2, 0.25) is 0 Å². The number of likely N-dealkylation sites (N-methyl/N-ethyl adjacent to an activating group) is 1. The van der Waals surface area contributed by atoms with E-state index < -0.39 is 0 Å². The van der Waals surface area contributed by atoms with Crippen molar-refractivity contribution in [3.8, 4) is 0 Å². The van der Waals surface area contributed by atoms with Gasteiger partial charge in [0.05, 0.1) is 33.9 Å². The topological polar surface area (TPSA) is 29.5 Å². The highest BCUT2D eigenvalue weighted by Gasteiger charge is 2.32. The Morgan fingerprint density at radius 1 is 1.21 bits per heavy atom. The fraction of sp³-hybridized carbons (Fsp3) is 1.00. The number of quaternary nitrogens is 1. The molecule has 0 aromatic rings. The smallest absolute Gasteiger partial charge is 0.126 e. The average Bonchev–Trinajstić information content (AvgIpc) is 2.23. The Morgan fingerprint density at radius 2 is 1.84 bits per heavy atom. The molecule has 0 amide bonds. The Labute approximate surface area is 119 Å². The number of hydrogen-bond donors (Lipinski definition) is 1. The second kappa shape index (κ2) is 7.05. The summed E-state index contributed by atoms with van der Waals surface area (Å²) in [6.45, 7) is 8.12. The lowest BCUT2D eigenvalue weighted by Gasteiger charge is -2.37. The summed E-state index contributed by atoms with van der Waals surface area (Å²) in [5, 5.41) is 10.1. The number of aliphatic hydroxyl groups is 1. The first-order valence-corrected chi connectivity index (χ1v) is 7.79. The maximum absolute atomic E-state index is 10.1. The largest absolute Gasteiger partial charge is 0.385 e. The summed E-state index contributed by atoms with van der Waals surface area (Å²) in [5.41, 5.74) is 0. The van der Waals surface area contributed by atoms with Gasteiger partial charge in [-0.15, -0.1) is 0 Å². The molecule has 1 N–H and O–H groups in total. The van der Waals surface area contributed by atoms with Gasteiger partial charge in [0.15, 0.2) is 0 Å².